The molecule has 0 aromatic heterocycles. The third kappa shape index (κ3) is 8.41. The average molecular weight is 511 g/mol. The number of benzene rings is 4. The molecule has 0 saturated carbocycles. The Balaban J connectivity index is 1.28. The summed E-state index contributed by atoms with van der Waals surface area (Å²) in [4.78, 5) is 11.0. The minimum absolute atomic E-state index is 0.263. The Morgan fingerprint density at radius 3 is 1.89 bits per heavy atom. The lowest BCUT2D eigenvalue weighted by Gasteiger charge is -2.17. The second-order valence-corrected chi connectivity index (χ2v) is 9.14. The van der Waals surface area contributed by atoms with Crippen LogP contribution in [0.3, 0.4) is 0 Å². The monoisotopic (exact) mass is 510 g/mol. The Labute approximate surface area is 224 Å². The maximum atomic E-state index is 11.0. The van der Waals surface area contributed by atoms with Crippen LogP contribution in [-0.4, -0.2) is 17.7 Å². The van der Waals surface area contributed by atoms with E-state index in [-0.39, 0.29) is 5.56 Å². The molecule has 1 N–H and O–H groups in total. The van der Waals surface area contributed by atoms with Crippen LogP contribution in [0.2, 0.25) is 0 Å². The van der Waals surface area contributed by atoms with Crippen LogP contribution in [0.1, 0.15) is 52.7 Å². The quantitative estimate of drug-likeness (QED) is 0.166. The van der Waals surface area contributed by atoms with Gasteiger partial charge in [0.2, 0.25) is 0 Å². The zero-order valence-electron chi connectivity index (χ0n) is 21.6. The van der Waals surface area contributed by atoms with Gasteiger partial charge in [-0.05, 0) is 66.3 Å². The molecular weight excluding hydrogens is 476 g/mol. The highest BCUT2D eigenvalue weighted by Gasteiger charge is 2.12. The van der Waals surface area contributed by atoms with E-state index in [4.69, 9.17) is 19.3 Å². The van der Waals surface area contributed by atoms with Crippen LogP contribution >= 0.6 is 0 Å². The summed E-state index contributed by atoms with van der Waals surface area (Å²) in [6, 6.07) is 33.0. The fraction of sp³-hybridized carbons (Fsp3) is 0.242. The number of carbonyl (C=O) groups is 1. The summed E-state index contributed by atoms with van der Waals surface area (Å²) in [6.45, 7) is 1.59. The van der Waals surface area contributed by atoms with Crippen LogP contribution in [0.25, 0.3) is 0 Å². The van der Waals surface area contributed by atoms with Crippen molar-refractivity contribution in [2.75, 3.05) is 6.61 Å². The van der Waals surface area contributed by atoms with Crippen LogP contribution in [0.4, 0.5) is 0 Å². The van der Waals surface area contributed by atoms with Gasteiger partial charge in [0.25, 0.3) is 0 Å². The molecule has 0 amide bonds. The zero-order chi connectivity index (χ0) is 26.4. The van der Waals surface area contributed by atoms with E-state index in [1.807, 2.05) is 48.5 Å². The Bertz CT molecular complexity index is 1250. The van der Waals surface area contributed by atoms with Crippen molar-refractivity contribution in [3.05, 3.63) is 125 Å². The Morgan fingerprint density at radius 1 is 0.605 bits per heavy atom. The number of unbranched alkanes of at least 4 members (excludes halogenated alkanes) is 3. The van der Waals surface area contributed by atoms with Gasteiger partial charge < -0.3 is 19.3 Å². The highest BCUT2D eigenvalue weighted by atomic mass is 16.5. The standard InChI is InChI=1S/C33H34O5/c34-33(35)29-19-21-30(22-20-29)36-23-10-2-1-9-16-28-17-11-18-31(37-24-26-12-5-3-6-13-26)32(28)38-25-27-14-7-4-8-15-27/h3-8,11-15,17-22H,1-2,9-10,16,23-25H2,(H,34,35). The molecule has 0 radical (unpaired) electrons. The molecule has 0 aliphatic heterocycles. The van der Waals surface area contributed by atoms with Crippen molar-refractivity contribution in [3.63, 3.8) is 0 Å². The van der Waals surface area contributed by atoms with E-state index in [2.05, 4.69) is 30.3 Å². The molecule has 4 rings (SSSR count). The van der Waals surface area contributed by atoms with Gasteiger partial charge in [-0.15, -0.1) is 0 Å². The third-order valence-electron chi connectivity index (χ3n) is 6.23. The normalized spacial score (nSPS) is 10.6. The SMILES string of the molecule is O=C(O)c1ccc(OCCCCCCc2cccc(OCc3ccccc3)c2OCc2ccccc2)cc1. The molecule has 0 atom stereocenters. The van der Waals surface area contributed by atoms with E-state index in [9.17, 15) is 4.79 Å². The fourth-order valence-corrected chi connectivity index (χ4v) is 4.16. The maximum Gasteiger partial charge on any atom is 0.335 e. The second kappa shape index (κ2) is 14.5. The van der Waals surface area contributed by atoms with Crippen molar-refractivity contribution in [2.24, 2.45) is 0 Å². The van der Waals surface area contributed by atoms with Crippen LogP contribution in [0, 0.1) is 0 Å². The minimum atomic E-state index is -0.932. The van der Waals surface area contributed by atoms with Crippen molar-refractivity contribution >= 4 is 5.97 Å². The first kappa shape index (κ1) is 26.8. The summed E-state index contributed by atoms with van der Waals surface area (Å²) in [5, 5.41) is 8.99. The number of aryl methyl sites for hydroxylation is 1. The largest absolute Gasteiger partial charge is 0.494 e. The molecule has 0 heterocycles. The molecular formula is C33H34O5. The first-order chi connectivity index (χ1) is 18.7. The molecule has 38 heavy (non-hydrogen) atoms. The molecule has 0 spiro atoms. The summed E-state index contributed by atoms with van der Waals surface area (Å²) < 4.78 is 18.3. The van der Waals surface area contributed by atoms with Crippen molar-refractivity contribution in [1.29, 1.82) is 0 Å². The number of carboxylic acid groups (broad SMARTS) is 1. The van der Waals surface area contributed by atoms with Gasteiger partial charge in [0.15, 0.2) is 11.5 Å². The van der Waals surface area contributed by atoms with Gasteiger partial charge in [0.1, 0.15) is 19.0 Å². The van der Waals surface area contributed by atoms with Crippen LogP contribution in [-0.2, 0) is 19.6 Å². The van der Waals surface area contributed by atoms with Gasteiger partial charge in [0.05, 0.1) is 12.2 Å². The second-order valence-electron chi connectivity index (χ2n) is 9.14. The van der Waals surface area contributed by atoms with E-state index in [0.717, 1.165) is 60.3 Å². The van der Waals surface area contributed by atoms with Crippen LogP contribution < -0.4 is 14.2 Å². The summed E-state index contributed by atoms with van der Waals surface area (Å²) in [5.74, 6) is 1.35. The summed E-state index contributed by atoms with van der Waals surface area (Å²) in [5.41, 5.74) is 3.65. The highest BCUT2D eigenvalue weighted by molar-refractivity contribution is 5.87. The molecule has 0 aliphatic carbocycles. The molecule has 0 saturated heterocycles. The number of hydrogen-bond donors (Lipinski definition) is 1. The first-order valence-electron chi connectivity index (χ1n) is 13.1. The lowest BCUT2D eigenvalue weighted by Crippen LogP contribution is -2.03. The lowest BCUT2D eigenvalue weighted by atomic mass is 10.0. The van der Waals surface area contributed by atoms with Crippen LogP contribution in [0.5, 0.6) is 17.2 Å². The van der Waals surface area contributed by atoms with Crippen molar-refractivity contribution in [1.82, 2.24) is 0 Å². The van der Waals surface area contributed by atoms with E-state index >= 15 is 0 Å². The van der Waals surface area contributed by atoms with Gasteiger partial charge in [0, 0.05) is 0 Å². The van der Waals surface area contributed by atoms with Crippen molar-refractivity contribution < 1.29 is 24.1 Å². The van der Waals surface area contributed by atoms with Crippen molar-refractivity contribution in [3.8, 4) is 17.2 Å². The van der Waals surface area contributed by atoms with Gasteiger partial charge >= 0.3 is 5.97 Å². The van der Waals surface area contributed by atoms with E-state index in [1.54, 1.807) is 24.3 Å². The lowest BCUT2D eigenvalue weighted by molar-refractivity contribution is 0.0697. The number of hydrogen-bond acceptors (Lipinski definition) is 4. The first-order valence-corrected chi connectivity index (χ1v) is 13.1. The predicted octanol–water partition coefficient (Wildman–Crippen LogP) is 7.72. The Hall–Kier alpha value is -4.25. The Morgan fingerprint density at radius 2 is 1.24 bits per heavy atom. The van der Waals surface area contributed by atoms with E-state index in [0.29, 0.717) is 25.6 Å². The number of para-hydroxylation sites is 1. The summed E-state index contributed by atoms with van der Waals surface area (Å²) in [6.07, 6.45) is 5.02. The molecule has 4 aromatic rings. The van der Waals surface area contributed by atoms with Gasteiger partial charge in [-0.25, -0.2) is 4.79 Å². The molecule has 4 aromatic carbocycles. The van der Waals surface area contributed by atoms with Crippen LogP contribution in [0.15, 0.2) is 103 Å². The van der Waals surface area contributed by atoms with Gasteiger partial charge in [-0.3, -0.25) is 0 Å². The average Bonchev–Trinajstić information content (AvgIpc) is 2.96. The number of carboxylic acids is 1. The summed E-state index contributed by atoms with van der Waals surface area (Å²) in [7, 11) is 0. The molecule has 5 nitrogen and oxygen atoms in total. The van der Waals surface area contributed by atoms with Gasteiger partial charge in [-0.1, -0.05) is 85.6 Å². The van der Waals surface area contributed by atoms with E-state index < -0.39 is 5.97 Å². The molecule has 0 unspecified atom stereocenters. The number of ether oxygens (including phenoxy) is 3. The third-order valence-corrected chi connectivity index (χ3v) is 6.23. The fourth-order valence-electron chi connectivity index (χ4n) is 4.16. The zero-order valence-corrected chi connectivity index (χ0v) is 21.6. The molecule has 0 bridgehead atoms. The summed E-state index contributed by atoms with van der Waals surface area (Å²) >= 11 is 0. The molecule has 5 heteroatoms. The maximum absolute atomic E-state index is 11.0. The smallest absolute Gasteiger partial charge is 0.335 e. The highest BCUT2D eigenvalue weighted by Crippen LogP contribution is 2.34. The van der Waals surface area contributed by atoms with E-state index in [1.165, 1.54) is 0 Å². The minimum Gasteiger partial charge on any atom is -0.494 e. The van der Waals surface area contributed by atoms with Crippen molar-refractivity contribution in [2.45, 2.75) is 45.3 Å². The molecule has 196 valence electrons. The number of aromatic carboxylic acids is 1. The number of rotatable bonds is 15. The predicted molar refractivity (Wildman–Crippen MR) is 149 cm³/mol. The Kier molecular flexibility index (Phi) is 10.2. The van der Waals surface area contributed by atoms with Gasteiger partial charge in [-0.2, -0.15) is 0 Å². The molecule has 0 fully saturated rings. The molecule has 0 aliphatic rings. The topological polar surface area (TPSA) is 65.0 Å².